The molecule has 3 aromatic rings. The standard InChI is InChI=1S/C23H24N4O5S/c28-17(16-3-5-18-19(14-16)31-12-11-30-18)4-6-22(29)27-9-7-26(8-10-27)15-21-24-23(25-32-21)20-2-1-13-33-20/h1-3,5,13-14H,4,6-12,15H2. The van der Waals surface area contributed by atoms with E-state index < -0.39 is 0 Å². The molecule has 1 fully saturated rings. The Morgan fingerprint density at radius 2 is 1.82 bits per heavy atom. The summed E-state index contributed by atoms with van der Waals surface area (Å²) in [7, 11) is 0. The van der Waals surface area contributed by atoms with E-state index in [1.165, 1.54) is 0 Å². The van der Waals surface area contributed by atoms with Crippen molar-refractivity contribution >= 4 is 23.0 Å². The van der Waals surface area contributed by atoms with Gasteiger partial charge in [-0.1, -0.05) is 11.2 Å². The third-order valence-electron chi connectivity index (χ3n) is 5.72. The third kappa shape index (κ3) is 5.07. The van der Waals surface area contributed by atoms with Gasteiger partial charge in [0, 0.05) is 44.6 Å². The van der Waals surface area contributed by atoms with Gasteiger partial charge in [-0.3, -0.25) is 14.5 Å². The van der Waals surface area contributed by atoms with Gasteiger partial charge in [0.25, 0.3) is 0 Å². The van der Waals surface area contributed by atoms with Crippen molar-refractivity contribution in [2.24, 2.45) is 0 Å². The number of hydrogen-bond donors (Lipinski definition) is 0. The van der Waals surface area contributed by atoms with E-state index in [4.69, 9.17) is 14.0 Å². The zero-order valence-electron chi connectivity index (χ0n) is 18.1. The minimum absolute atomic E-state index is 0.00156. The fourth-order valence-corrected chi connectivity index (χ4v) is 4.56. The highest BCUT2D eigenvalue weighted by atomic mass is 32.1. The summed E-state index contributed by atoms with van der Waals surface area (Å²) in [5.74, 6) is 2.34. The molecule has 0 saturated carbocycles. The summed E-state index contributed by atoms with van der Waals surface area (Å²) in [6, 6.07) is 9.08. The van der Waals surface area contributed by atoms with E-state index in [1.54, 1.807) is 29.5 Å². The van der Waals surface area contributed by atoms with Crippen LogP contribution >= 0.6 is 11.3 Å². The van der Waals surface area contributed by atoms with Crippen LogP contribution in [-0.4, -0.2) is 71.0 Å². The smallest absolute Gasteiger partial charge is 0.241 e. The summed E-state index contributed by atoms with van der Waals surface area (Å²) in [4.78, 5) is 34.6. The molecule has 172 valence electrons. The van der Waals surface area contributed by atoms with Crippen LogP contribution in [0.25, 0.3) is 10.7 Å². The molecule has 0 atom stereocenters. The van der Waals surface area contributed by atoms with Crippen molar-refractivity contribution in [3.05, 3.63) is 47.2 Å². The number of rotatable bonds is 7. The lowest BCUT2D eigenvalue weighted by molar-refractivity contribution is -0.133. The lowest BCUT2D eigenvalue weighted by atomic mass is 10.1. The molecule has 33 heavy (non-hydrogen) atoms. The van der Waals surface area contributed by atoms with Gasteiger partial charge >= 0.3 is 0 Å². The Morgan fingerprint density at radius 1 is 1.00 bits per heavy atom. The summed E-state index contributed by atoms with van der Waals surface area (Å²) < 4.78 is 16.4. The molecule has 1 saturated heterocycles. The maximum absolute atomic E-state index is 12.6. The normalized spacial score (nSPS) is 16.1. The topological polar surface area (TPSA) is 98.0 Å². The molecular formula is C23H24N4O5S. The monoisotopic (exact) mass is 468 g/mol. The summed E-state index contributed by atoms with van der Waals surface area (Å²) in [5, 5.41) is 6.02. The van der Waals surface area contributed by atoms with Crippen molar-refractivity contribution in [3.8, 4) is 22.2 Å². The molecule has 0 bridgehead atoms. The molecule has 9 nitrogen and oxygen atoms in total. The van der Waals surface area contributed by atoms with E-state index in [0.29, 0.717) is 61.6 Å². The van der Waals surface area contributed by atoms with E-state index in [-0.39, 0.29) is 24.5 Å². The number of hydrogen-bond acceptors (Lipinski definition) is 9. The second-order valence-electron chi connectivity index (χ2n) is 7.93. The van der Waals surface area contributed by atoms with Crippen LogP contribution in [0.3, 0.4) is 0 Å². The molecule has 2 aliphatic heterocycles. The van der Waals surface area contributed by atoms with E-state index in [0.717, 1.165) is 18.0 Å². The number of piperazine rings is 1. The second-order valence-corrected chi connectivity index (χ2v) is 8.88. The molecule has 0 N–H and O–H groups in total. The molecule has 2 aromatic heterocycles. The average molecular weight is 469 g/mol. The molecule has 0 radical (unpaired) electrons. The highest BCUT2D eigenvalue weighted by Gasteiger charge is 2.24. The lowest BCUT2D eigenvalue weighted by Crippen LogP contribution is -2.48. The summed E-state index contributed by atoms with van der Waals surface area (Å²) >= 11 is 1.57. The van der Waals surface area contributed by atoms with Crippen molar-refractivity contribution in [2.45, 2.75) is 19.4 Å². The van der Waals surface area contributed by atoms with Crippen molar-refractivity contribution in [3.63, 3.8) is 0 Å². The highest BCUT2D eigenvalue weighted by molar-refractivity contribution is 7.13. The van der Waals surface area contributed by atoms with Gasteiger partial charge in [-0.05, 0) is 29.6 Å². The van der Waals surface area contributed by atoms with Crippen LogP contribution in [0.2, 0.25) is 0 Å². The molecule has 1 amide bonds. The highest BCUT2D eigenvalue weighted by Crippen LogP contribution is 2.31. The van der Waals surface area contributed by atoms with Gasteiger partial charge in [0.2, 0.25) is 17.6 Å². The van der Waals surface area contributed by atoms with Crippen LogP contribution in [0.5, 0.6) is 11.5 Å². The SMILES string of the molecule is O=C(CCC(=O)N1CCN(Cc2nc(-c3cccs3)no2)CC1)c1ccc2c(c1)OCCO2. The van der Waals surface area contributed by atoms with Gasteiger partial charge in [0.1, 0.15) is 13.2 Å². The molecule has 0 spiro atoms. The Labute approximate surface area is 194 Å². The van der Waals surface area contributed by atoms with Crippen LogP contribution in [0, 0.1) is 0 Å². The van der Waals surface area contributed by atoms with Crippen molar-refractivity contribution in [1.29, 1.82) is 0 Å². The molecule has 1 aromatic carbocycles. The first-order valence-electron chi connectivity index (χ1n) is 10.9. The number of amides is 1. The first-order valence-corrected chi connectivity index (χ1v) is 11.8. The predicted molar refractivity (Wildman–Crippen MR) is 120 cm³/mol. The lowest BCUT2D eigenvalue weighted by Gasteiger charge is -2.34. The predicted octanol–water partition coefficient (Wildman–Crippen LogP) is 2.88. The van der Waals surface area contributed by atoms with Crippen LogP contribution < -0.4 is 9.47 Å². The van der Waals surface area contributed by atoms with Gasteiger partial charge in [0.05, 0.1) is 11.4 Å². The summed E-state index contributed by atoms with van der Waals surface area (Å²) in [6.45, 7) is 4.20. The van der Waals surface area contributed by atoms with Crippen molar-refractivity contribution < 1.29 is 23.6 Å². The number of nitrogens with zero attached hydrogens (tertiary/aromatic N) is 4. The summed E-state index contributed by atoms with van der Waals surface area (Å²) in [5.41, 5.74) is 0.540. The Hall–Kier alpha value is -3.24. The van der Waals surface area contributed by atoms with Gasteiger partial charge in [-0.15, -0.1) is 11.3 Å². The Bertz CT molecular complexity index is 1120. The minimum atomic E-state index is -0.0723. The average Bonchev–Trinajstić information content (AvgIpc) is 3.55. The number of ether oxygens (including phenoxy) is 2. The fourth-order valence-electron chi connectivity index (χ4n) is 3.91. The maximum atomic E-state index is 12.6. The van der Waals surface area contributed by atoms with E-state index in [1.807, 2.05) is 22.4 Å². The molecule has 2 aliphatic rings. The number of fused-ring (bicyclic) bond motifs is 1. The first kappa shape index (κ1) is 21.6. The van der Waals surface area contributed by atoms with Gasteiger partial charge in [-0.25, -0.2) is 0 Å². The molecule has 4 heterocycles. The van der Waals surface area contributed by atoms with E-state index in [2.05, 4.69) is 15.0 Å². The van der Waals surface area contributed by atoms with Crippen molar-refractivity contribution in [1.82, 2.24) is 19.9 Å². The number of aromatic nitrogens is 2. The third-order valence-corrected chi connectivity index (χ3v) is 6.59. The number of benzene rings is 1. The Balaban J connectivity index is 1.07. The van der Waals surface area contributed by atoms with Gasteiger partial charge < -0.3 is 18.9 Å². The number of Topliss-reactive ketones (excluding diaryl/α,β-unsaturated/α-hetero) is 1. The van der Waals surface area contributed by atoms with Crippen LogP contribution in [0.1, 0.15) is 29.1 Å². The maximum Gasteiger partial charge on any atom is 0.241 e. The molecular weight excluding hydrogens is 444 g/mol. The Kier molecular flexibility index (Phi) is 6.36. The molecule has 10 heteroatoms. The van der Waals surface area contributed by atoms with Crippen LogP contribution in [0.15, 0.2) is 40.2 Å². The van der Waals surface area contributed by atoms with Crippen LogP contribution in [0.4, 0.5) is 0 Å². The largest absolute Gasteiger partial charge is 0.486 e. The molecule has 0 unspecified atom stereocenters. The second kappa shape index (κ2) is 9.72. The minimum Gasteiger partial charge on any atom is -0.486 e. The van der Waals surface area contributed by atoms with Crippen molar-refractivity contribution in [2.75, 3.05) is 39.4 Å². The zero-order valence-corrected chi connectivity index (χ0v) is 18.9. The Morgan fingerprint density at radius 3 is 2.61 bits per heavy atom. The zero-order chi connectivity index (χ0) is 22.6. The number of carbonyl (C=O) groups excluding carboxylic acids is 2. The quantitative estimate of drug-likeness (QED) is 0.488. The van der Waals surface area contributed by atoms with Gasteiger partial charge in [-0.2, -0.15) is 4.98 Å². The number of ketones is 1. The number of carbonyl (C=O) groups is 2. The van der Waals surface area contributed by atoms with Crippen LogP contribution in [-0.2, 0) is 11.3 Å². The molecule has 0 aliphatic carbocycles. The first-order chi connectivity index (χ1) is 16.2. The fraction of sp³-hybridized carbons (Fsp3) is 0.391. The summed E-state index contributed by atoms with van der Waals surface area (Å²) in [6.07, 6.45) is 0.368. The van der Waals surface area contributed by atoms with Gasteiger partial charge in [0.15, 0.2) is 17.3 Å². The molecule has 5 rings (SSSR count). The van der Waals surface area contributed by atoms with E-state index in [9.17, 15) is 9.59 Å². The number of thiophene rings is 1. The van der Waals surface area contributed by atoms with E-state index >= 15 is 0 Å².